The summed E-state index contributed by atoms with van der Waals surface area (Å²) < 4.78 is 38.7. The summed E-state index contributed by atoms with van der Waals surface area (Å²) in [6.07, 6.45) is -0.644. The van der Waals surface area contributed by atoms with Gasteiger partial charge in [0.25, 0.3) is 0 Å². The van der Waals surface area contributed by atoms with Crippen molar-refractivity contribution in [1.29, 1.82) is 0 Å². The van der Waals surface area contributed by atoms with Gasteiger partial charge in [0, 0.05) is 24.7 Å². The second-order valence-corrected chi connectivity index (χ2v) is 15.3. The van der Waals surface area contributed by atoms with Gasteiger partial charge in [-0.05, 0) is 51.0 Å². The standard InChI is InChI=1S/C22H34F2N2O4Si/c1-21(2,3)29-20(28)26-13-15(30-31(7,8)22(4,5)6)12-18(26)19(27)25-14-9-10-16(23)17(24)11-14/h9-11,15,18H,12-13H2,1-8H3,(H,25,27). The zero-order chi connectivity index (χ0) is 23.8. The van der Waals surface area contributed by atoms with Crippen LogP contribution in [0.15, 0.2) is 18.2 Å². The lowest BCUT2D eigenvalue weighted by Gasteiger charge is -2.38. The predicted molar refractivity (Wildman–Crippen MR) is 118 cm³/mol. The van der Waals surface area contributed by atoms with Gasteiger partial charge >= 0.3 is 6.09 Å². The van der Waals surface area contributed by atoms with Crippen LogP contribution >= 0.6 is 0 Å². The van der Waals surface area contributed by atoms with Crippen molar-refractivity contribution in [2.75, 3.05) is 11.9 Å². The van der Waals surface area contributed by atoms with E-state index >= 15 is 0 Å². The molecule has 0 radical (unpaired) electrons. The molecule has 2 amide bonds. The molecule has 1 saturated heterocycles. The van der Waals surface area contributed by atoms with Gasteiger partial charge in [0.1, 0.15) is 11.6 Å². The van der Waals surface area contributed by atoms with E-state index in [-0.39, 0.29) is 23.4 Å². The monoisotopic (exact) mass is 456 g/mol. The first kappa shape index (κ1) is 25.3. The second-order valence-electron chi connectivity index (χ2n) is 10.5. The molecule has 0 saturated carbocycles. The largest absolute Gasteiger partial charge is 0.444 e. The van der Waals surface area contributed by atoms with Gasteiger partial charge in [-0.1, -0.05) is 20.8 Å². The highest BCUT2D eigenvalue weighted by atomic mass is 28.4. The Balaban J connectivity index is 2.23. The summed E-state index contributed by atoms with van der Waals surface area (Å²) in [6.45, 7) is 16.0. The van der Waals surface area contributed by atoms with Crippen molar-refractivity contribution in [2.45, 2.75) is 83.8 Å². The van der Waals surface area contributed by atoms with Crippen molar-refractivity contribution in [2.24, 2.45) is 0 Å². The van der Waals surface area contributed by atoms with Gasteiger partial charge in [-0.2, -0.15) is 0 Å². The zero-order valence-electron chi connectivity index (χ0n) is 19.6. The van der Waals surface area contributed by atoms with Crippen LogP contribution in [0, 0.1) is 11.6 Å². The van der Waals surface area contributed by atoms with Gasteiger partial charge in [-0.25, -0.2) is 13.6 Å². The molecule has 0 aliphatic carbocycles. The van der Waals surface area contributed by atoms with Crippen LogP contribution in [-0.2, 0) is 14.0 Å². The minimum absolute atomic E-state index is 0.0320. The smallest absolute Gasteiger partial charge is 0.411 e. The van der Waals surface area contributed by atoms with E-state index in [0.29, 0.717) is 6.42 Å². The quantitative estimate of drug-likeness (QED) is 0.624. The van der Waals surface area contributed by atoms with Crippen LogP contribution in [0.2, 0.25) is 18.1 Å². The van der Waals surface area contributed by atoms with E-state index in [1.807, 2.05) is 0 Å². The SMILES string of the molecule is CC(C)(C)OC(=O)N1CC(O[Si](C)(C)C(C)(C)C)CC1C(=O)Nc1ccc(F)c(F)c1. The second kappa shape index (κ2) is 8.86. The molecular formula is C22H34F2N2O4Si. The summed E-state index contributed by atoms with van der Waals surface area (Å²) in [5, 5.41) is 2.54. The van der Waals surface area contributed by atoms with Crippen LogP contribution in [0.1, 0.15) is 48.0 Å². The topological polar surface area (TPSA) is 67.9 Å². The molecule has 0 aromatic heterocycles. The highest BCUT2D eigenvalue weighted by molar-refractivity contribution is 6.74. The summed E-state index contributed by atoms with van der Waals surface area (Å²) in [4.78, 5) is 27.1. The molecule has 31 heavy (non-hydrogen) atoms. The van der Waals surface area contributed by atoms with E-state index in [4.69, 9.17) is 9.16 Å². The Morgan fingerprint density at radius 3 is 2.23 bits per heavy atom. The van der Waals surface area contributed by atoms with E-state index in [9.17, 15) is 18.4 Å². The third kappa shape index (κ3) is 6.49. The van der Waals surface area contributed by atoms with Crippen molar-refractivity contribution in [1.82, 2.24) is 4.90 Å². The van der Waals surface area contributed by atoms with Crippen LogP contribution in [0.3, 0.4) is 0 Å². The number of hydrogen-bond acceptors (Lipinski definition) is 4. The number of rotatable bonds is 4. The van der Waals surface area contributed by atoms with Gasteiger partial charge in [0.05, 0.1) is 6.10 Å². The molecule has 1 N–H and O–H groups in total. The number of likely N-dealkylation sites (tertiary alicyclic amines) is 1. The molecule has 1 heterocycles. The molecule has 6 nitrogen and oxygen atoms in total. The van der Waals surface area contributed by atoms with Crippen LogP contribution in [0.5, 0.6) is 0 Å². The Bertz CT molecular complexity index is 834. The van der Waals surface area contributed by atoms with E-state index in [0.717, 1.165) is 12.1 Å². The third-order valence-corrected chi connectivity index (χ3v) is 10.2. The summed E-state index contributed by atoms with van der Waals surface area (Å²) in [5.41, 5.74) is -0.613. The Hall–Kier alpha value is -2.00. The number of ether oxygens (including phenoxy) is 1. The molecule has 1 fully saturated rings. The van der Waals surface area contributed by atoms with Crippen LogP contribution < -0.4 is 5.32 Å². The first-order valence-electron chi connectivity index (χ1n) is 10.4. The van der Waals surface area contributed by atoms with Crippen molar-refractivity contribution < 1.29 is 27.5 Å². The Morgan fingerprint density at radius 1 is 1.10 bits per heavy atom. The number of halogens is 2. The number of hydrogen-bond donors (Lipinski definition) is 1. The maximum atomic E-state index is 13.5. The molecular weight excluding hydrogens is 422 g/mol. The van der Waals surface area contributed by atoms with Crippen molar-refractivity contribution >= 4 is 26.0 Å². The summed E-state index contributed by atoms with van der Waals surface area (Å²) in [7, 11) is -2.14. The predicted octanol–water partition coefficient (Wildman–Crippen LogP) is 5.30. The number of carbonyl (C=O) groups excluding carboxylic acids is 2. The molecule has 2 unspecified atom stereocenters. The minimum Gasteiger partial charge on any atom is -0.444 e. The molecule has 174 valence electrons. The molecule has 0 spiro atoms. The number of carbonyl (C=O) groups is 2. The van der Waals surface area contributed by atoms with Crippen molar-refractivity contribution in [3.63, 3.8) is 0 Å². The Kier molecular flexibility index (Phi) is 7.22. The van der Waals surface area contributed by atoms with Crippen LogP contribution in [-0.4, -0.2) is 49.5 Å². The average Bonchev–Trinajstić information content (AvgIpc) is 2.99. The summed E-state index contributed by atoms with van der Waals surface area (Å²) >= 11 is 0. The van der Waals surface area contributed by atoms with Crippen molar-refractivity contribution in [3.8, 4) is 0 Å². The van der Waals surface area contributed by atoms with E-state index < -0.39 is 43.6 Å². The third-order valence-electron chi connectivity index (χ3n) is 5.65. The fourth-order valence-corrected chi connectivity index (χ4v) is 4.40. The molecule has 1 aliphatic heterocycles. The zero-order valence-corrected chi connectivity index (χ0v) is 20.6. The average molecular weight is 457 g/mol. The fraction of sp³-hybridized carbons (Fsp3) is 0.636. The number of anilines is 1. The lowest BCUT2D eigenvalue weighted by molar-refractivity contribution is -0.120. The normalized spacial score (nSPS) is 20.0. The molecule has 9 heteroatoms. The number of nitrogens with one attached hydrogen (secondary N) is 1. The highest BCUT2D eigenvalue weighted by Crippen LogP contribution is 2.39. The van der Waals surface area contributed by atoms with Crippen molar-refractivity contribution in [3.05, 3.63) is 29.8 Å². The number of nitrogens with zero attached hydrogens (tertiary/aromatic N) is 1. The van der Waals surface area contributed by atoms with Gasteiger partial charge in [-0.15, -0.1) is 0 Å². The Labute approximate surface area is 184 Å². The molecule has 1 aromatic rings. The first-order chi connectivity index (χ1) is 14.0. The van der Waals surface area contributed by atoms with Gasteiger partial charge in [-0.3, -0.25) is 9.69 Å². The van der Waals surface area contributed by atoms with Gasteiger partial charge in [0.15, 0.2) is 20.0 Å². The first-order valence-corrected chi connectivity index (χ1v) is 13.3. The van der Waals surface area contributed by atoms with Gasteiger partial charge in [0.2, 0.25) is 5.91 Å². The highest BCUT2D eigenvalue weighted by Gasteiger charge is 2.46. The minimum atomic E-state index is -2.14. The Morgan fingerprint density at radius 2 is 1.71 bits per heavy atom. The lowest BCUT2D eigenvalue weighted by Crippen LogP contribution is -2.46. The summed E-state index contributed by atoms with van der Waals surface area (Å²) in [5.74, 6) is -2.57. The van der Waals surface area contributed by atoms with E-state index in [2.05, 4.69) is 39.2 Å². The number of amides is 2. The maximum Gasteiger partial charge on any atom is 0.411 e. The van der Waals surface area contributed by atoms with Crippen LogP contribution in [0.25, 0.3) is 0 Å². The van der Waals surface area contributed by atoms with Crippen LogP contribution in [0.4, 0.5) is 19.3 Å². The van der Waals surface area contributed by atoms with E-state index in [1.54, 1.807) is 20.8 Å². The molecule has 1 aliphatic rings. The maximum absolute atomic E-state index is 13.5. The lowest BCUT2D eigenvalue weighted by atomic mass is 10.1. The fourth-order valence-electron chi connectivity index (χ4n) is 3.05. The molecule has 1 aromatic carbocycles. The number of benzene rings is 1. The van der Waals surface area contributed by atoms with E-state index in [1.165, 1.54) is 11.0 Å². The molecule has 2 rings (SSSR count). The molecule has 2 atom stereocenters. The van der Waals surface area contributed by atoms with Gasteiger partial charge < -0.3 is 14.5 Å². The molecule has 0 bridgehead atoms. The summed E-state index contributed by atoms with van der Waals surface area (Å²) in [6, 6.07) is 2.27.